The van der Waals surface area contributed by atoms with Gasteiger partial charge in [0.25, 0.3) is 0 Å². The summed E-state index contributed by atoms with van der Waals surface area (Å²) in [5.74, 6) is 0.170. The Balaban J connectivity index is 0. The summed E-state index contributed by atoms with van der Waals surface area (Å²) in [6, 6.07) is 4.23. The zero-order valence-corrected chi connectivity index (χ0v) is 13.5. The number of piperidine rings is 1. The van der Waals surface area contributed by atoms with Crippen LogP contribution in [0, 0.1) is 0 Å². The summed E-state index contributed by atoms with van der Waals surface area (Å²) in [5, 5.41) is 0. The molecule has 1 saturated heterocycles. The first kappa shape index (κ1) is 21.9. The molecule has 0 aliphatic carbocycles. The van der Waals surface area contributed by atoms with Crippen molar-refractivity contribution >= 4 is 26.1 Å². The van der Waals surface area contributed by atoms with Gasteiger partial charge < -0.3 is 15.9 Å². The van der Waals surface area contributed by atoms with Gasteiger partial charge in [0.15, 0.2) is 0 Å². The normalized spacial score (nSPS) is 17.1. The van der Waals surface area contributed by atoms with Crippen molar-refractivity contribution in [1.29, 1.82) is 0 Å². The molecule has 1 unspecified atom stereocenters. The number of amides is 1. The number of aromatic nitrogens is 1. The molecule has 121 valence electrons. The second-order valence-electron chi connectivity index (χ2n) is 4.05. The quantitative estimate of drug-likeness (QED) is 0.701. The SMILES string of the molecule is CC(=O)N1CCCCC1c1cccnc1.O.O.[Cl][Cu][Cl]. The first-order valence-corrected chi connectivity index (χ1v) is 8.28. The first-order valence-electron chi connectivity index (χ1n) is 5.69. The van der Waals surface area contributed by atoms with E-state index in [1.54, 1.807) is 13.1 Å². The number of carbonyl (C=O) groups excluding carboxylic acids is 1. The maximum absolute atomic E-state index is 11.5. The maximum atomic E-state index is 11.5. The fraction of sp³-hybridized carbons (Fsp3) is 0.500. The van der Waals surface area contributed by atoms with E-state index < -0.39 is 0 Å². The van der Waals surface area contributed by atoms with Crippen LogP contribution in [-0.2, 0) is 17.9 Å². The monoisotopic (exact) mass is 373 g/mol. The molecule has 1 amide bonds. The van der Waals surface area contributed by atoms with Gasteiger partial charge in [-0.15, -0.1) is 0 Å². The molecule has 1 aromatic heterocycles. The Kier molecular flexibility index (Phi) is 13.6. The van der Waals surface area contributed by atoms with Crippen molar-refractivity contribution in [2.45, 2.75) is 32.2 Å². The van der Waals surface area contributed by atoms with E-state index in [1.807, 2.05) is 17.2 Å². The Morgan fingerprint density at radius 1 is 1.40 bits per heavy atom. The summed E-state index contributed by atoms with van der Waals surface area (Å²) in [6.45, 7) is 2.53. The fourth-order valence-electron chi connectivity index (χ4n) is 2.23. The van der Waals surface area contributed by atoms with Gasteiger partial charge in [0.2, 0.25) is 5.91 Å². The molecule has 5 nitrogen and oxygen atoms in total. The van der Waals surface area contributed by atoms with Crippen molar-refractivity contribution in [3.63, 3.8) is 0 Å². The van der Waals surface area contributed by atoms with Crippen LogP contribution in [0.1, 0.15) is 37.8 Å². The number of nitrogens with zero attached hydrogens (tertiary/aromatic N) is 2. The Morgan fingerprint density at radius 2 is 2.05 bits per heavy atom. The van der Waals surface area contributed by atoms with Crippen molar-refractivity contribution in [1.82, 2.24) is 9.88 Å². The van der Waals surface area contributed by atoms with Gasteiger partial charge in [0.05, 0.1) is 6.04 Å². The summed E-state index contributed by atoms with van der Waals surface area (Å²) >= 11 is 0.757. The molecule has 0 spiro atoms. The van der Waals surface area contributed by atoms with Gasteiger partial charge in [-0.1, -0.05) is 6.07 Å². The summed E-state index contributed by atoms with van der Waals surface area (Å²) in [4.78, 5) is 17.6. The van der Waals surface area contributed by atoms with E-state index in [0.29, 0.717) is 0 Å². The van der Waals surface area contributed by atoms with E-state index in [1.165, 1.54) is 6.42 Å². The summed E-state index contributed by atoms with van der Waals surface area (Å²) in [6.07, 6.45) is 7.02. The predicted molar refractivity (Wildman–Crippen MR) is 77.1 cm³/mol. The molecule has 20 heavy (non-hydrogen) atoms. The Hall–Kier alpha value is -0.361. The van der Waals surface area contributed by atoms with Crippen molar-refractivity contribution in [2.24, 2.45) is 0 Å². The summed E-state index contributed by atoms with van der Waals surface area (Å²) < 4.78 is 0. The third-order valence-corrected chi connectivity index (χ3v) is 2.98. The van der Waals surface area contributed by atoms with E-state index in [4.69, 9.17) is 0 Å². The number of rotatable bonds is 1. The van der Waals surface area contributed by atoms with Gasteiger partial charge in [0, 0.05) is 25.9 Å². The number of likely N-dealkylation sites (tertiary alicyclic amines) is 1. The Morgan fingerprint density at radius 3 is 2.55 bits per heavy atom. The first-order chi connectivity index (χ1) is 8.70. The van der Waals surface area contributed by atoms with Crippen LogP contribution in [0.2, 0.25) is 0 Å². The molecule has 1 aliphatic heterocycles. The zero-order chi connectivity index (χ0) is 13.4. The van der Waals surface area contributed by atoms with Crippen molar-refractivity contribution < 1.29 is 28.9 Å². The standard InChI is InChI=1S/C12H16N2O.2ClH.Cu.2H2O/c1-10(15)14-8-3-2-6-12(14)11-5-4-7-13-9-11;;;;;/h4-5,7,9,12H,2-3,6,8H2,1H3;2*1H;;2*1H2/q;;;+2;;/p-2. The van der Waals surface area contributed by atoms with E-state index >= 15 is 0 Å². The van der Waals surface area contributed by atoms with Crippen molar-refractivity contribution in [3.8, 4) is 0 Å². The molecule has 4 N–H and O–H groups in total. The van der Waals surface area contributed by atoms with Gasteiger partial charge in [-0.3, -0.25) is 9.78 Å². The molecule has 1 fully saturated rings. The molecule has 1 aliphatic rings. The molecule has 2 rings (SSSR count). The third-order valence-electron chi connectivity index (χ3n) is 2.98. The van der Waals surface area contributed by atoms with Crippen LogP contribution in [0.15, 0.2) is 24.5 Å². The minimum absolute atomic E-state index is 0. The van der Waals surface area contributed by atoms with Crippen LogP contribution in [0.25, 0.3) is 0 Å². The van der Waals surface area contributed by atoms with Gasteiger partial charge in [-0.25, -0.2) is 0 Å². The zero-order valence-electron chi connectivity index (χ0n) is 11.1. The van der Waals surface area contributed by atoms with E-state index in [9.17, 15) is 4.79 Å². The van der Waals surface area contributed by atoms with E-state index in [0.717, 1.165) is 38.1 Å². The number of carbonyl (C=O) groups is 1. The van der Waals surface area contributed by atoms with Crippen molar-refractivity contribution in [2.75, 3.05) is 6.54 Å². The van der Waals surface area contributed by atoms with Crippen LogP contribution in [0.5, 0.6) is 0 Å². The molecular formula is C12H20Cl2CuN2O3. The van der Waals surface area contributed by atoms with Gasteiger partial charge in [-0.2, -0.15) is 0 Å². The topological polar surface area (TPSA) is 96.2 Å². The van der Waals surface area contributed by atoms with Crippen LogP contribution in [0.3, 0.4) is 0 Å². The van der Waals surface area contributed by atoms with Crippen LogP contribution >= 0.6 is 20.2 Å². The number of pyridine rings is 1. The molecule has 8 heteroatoms. The summed E-state index contributed by atoms with van der Waals surface area (Å²) in [5.41, 5.74) is 1.16. The number of hydrogen-bond acceptors (Lipinski definition) is 2. The molecule has 0 saturated carbocycles. The van der Waals surface area contributed by atoms with Crippen molar-refractivity contribution in [3.05, 3.63) is 30.1 Å². The minimum atomic E-state index is 0. The molecule has 1 aromatic rings. The molecule has 0 radical (unpaired) electrons. The van der Waals surface area contributed by atoms with Crippen LogP contribution in [-0.4, -0.2) is 33.3 Å². The van der Waals surface area contributed by atoms with Gasteiger partial charge in [0.1, 0.15) is 0 Å². The number of halogens is 2. The molecule has 2 heterocycles. The Labute approximate surface area is 133 Å². The van der Waals surface area contributed by atoms with Crippen LogP contribution in [0.4, 0.5) is 0 Å². The molecular weight excluding hydrogens is 355 g/mol. The van der Waals surface area contributed by atoms with Crippen LogP contribution < -0.4 is 0 Å². The average Bonchev–Trinajstić information content (AvgIpc) is 2.40. The average molecular weight is 375 g/mol. The van der Waals surface area contributed by atoms with Gasteiger partial charge in [-0.05, 0) is 30.9 Å². The molecule has 0 aromatic carbocycles. The second kappa shape index (κ2) is 12.4. The third kappa shape index (κ3) is 6.88. The Bertz CT molecular complexity index is 371. The predicted octanol–water partition coefficient (Wildman–Crippen LogP) is 1.88. The molecule has 0 bridgehead atoms. The number of hydrogen-bond donors (Lipinski definition) is 0. The van der Waals surface area contributed by atoms with Gasteiger partial charge >= 0.3 is 33.3 Å². The molecule has 1 atom stereocenters. The second-order valence-corrected chi connectivity index (χ2v) is 5.61. The summed E-state index contributed by atoms with van der Waals surface area (Å²) in [7, 11) is 9.34. The fourth-order valence-corrected chi connectivity index (χ4v) is 2.23. The van der Waals surface area contributed by atoms with E-state index in [-0.39, 0.29) is 22.9 Å². The van der Waals surface area contributed by atoms with E-state index in [2.05, 4.69) is 31.2 Å².